The van der Waals surface area contributed by atoms with Gasteiger partial charge in [0.15, 0.2) is 0 Å². The maximum atomic E-state index is 3.45. The molecule has 0 N–H and O–H groups in total. The van der Waals surface area contributed by atoms with Gasteiger partial charge in [-0.1, -0.05) is 91.3 Å². The molecule has 118 valence electrons. The lowest BCUT2D eigenvalue weighted by Crippen LogP contribution is -2.16. The first-order valence-electron chi connectivity index (χ1n) is 8.92. The summed E-state index contributed by atoms with van der Waals surface area (Å²) in [6, 6.07) is 0. The van der Waals surface area contributed by atoms with Gasteiger partial charge in [0.1, 0.15) is 8.07 Å². The van der Waals surface area contributed by atoms with Crippen LogP contribution < -0.4 is 0 Å². The Hall–Kier alpha value is -0.223. The molecule has 0 atom stereocenters. The van der Waals surface area contributed by atoms with Crippen LogP contribution in [0.1, 0.15) is 84.5 Å². The van der Waals surface area contributed by atoms with Crippen molar-refractivity contribution in [3.63, 3.8) is 0 Å². The molecule has 0 unspecified atom stereocenters. The largest absolute Gasteiger partial charge is 0.132 e. The Morgan fingerprint density at radius 3 is 1.60 bits per heavy atom. The summed E-state index contributed by atoms with van der Waals surface area (Å²) in [6.45, 7) is 11.6. The average Bonchev–Trinajstić information content (AvgIpc) is 2.33. The third-order valence-electron chi connectivity index (χ3n) is 3.55. The summed E-state index contributed by atoms with van der Waals surface area (Å²) in [5, 5.41) is 0. The molecule has 0 aliphatic carbocycles. The molecule has 0 saturated carbocycles. The Labute approximate surface area is 130 Å². The molecule has 0 nitrogen and oxygen atoms in total. The number of hydrogen-bond donors (Lipinski definition) is 0. The Balaban J connectivity index is 3.15. The van der Waals surface area contributed by atoms with Crippen LogP contribution in [0.25, 0.3) is 0 Å². The van der Waals surface area contributed by atoms with E-state index in [1.807, 2.05) is 0 Å². The number of unbranched alkanes of at least 4 members (excludes halogenated alkanes) is 9. The minimum Gasteiger partial charge on any atom is -0.132 e. The maximum Gasteiger partial charge on any atom is 0.129 e. The van der Waals surface area contributed by atoms with E-state index in [0.717, 1.165) is 12.3 Å². The smallest absolute Gasteiger partial charge is 0.129 e. The van der Waals surface area contributed by atoms with Crippen LogP contribution in [0.5, 0.6) is 0 Å². The Morgan fingerprint density at radius 1 is 0.700 bits per heavy atom. The van der Waals surface area contributed by atoms with Gasteiger partial charge in [-0.25, -0.2) is 0 Å². The van der Waals surface area contributed by atoms with Crippen molar-refractivity contribution in [3.05, 3.63) is 0 Å². The number of rotatable bonds is 11. The zero-order chi connectivity index (χ0) is 15.3. The van der Waals surface area contributed by atoms with E-state index >= 15 is 0 Å². The van der Waals surface area contributed by atoms with Crippen LogP contribution in [0, 0.1) is 17.4 Å². The van der Waals surface area contributed by atoms with Gasteiger partial charge in [-0.2, -0.15) is 0 Å². The molecule has 0 rings (SSSR count). The molecule has 1 heteroatoms. The first-order chi connectivity index (χ1) is 9.42. The van der Waals surface area contributed by atoms with E-state index < -0.39 is 8.07 Å². The topological polar surface area (TPSA) is 0 Å². The van der Waals surface area contributed by atoms with Crippen molar-refractivity contribution in [1.29, 1.82) is 0 Å². The van der Waals surface area contributed by atoms with Crippen LogP contribution >= 0.6 is 0 Å². The monoisotopic (exact) mass is 294 g/mol. The highest BCUT2D eigenvalue weighted by Gasteiger charge is 2.06. The average molecular weight is 295 g/mol. The molecule has 20 heavy (non-hydrogen) atoms. The summed E-state index contributed by atoms with van der Waals surface area (Å²) in [4.78, 5) is 0. The van der Waals surface area contributed by atoms with Crippen LogP contribution in [0.2, 0.25) is 19.6 Å². The third kappa shape index (κ3) is 17.8. The zero-order valence-electron chi connectivity index (χ0n) is 14.9. The van der Waals surface area contributed by atoms with Gasteiger partial charge in [-0.05, 0) is 12.3 Å². The van der Waals surface area contributed by atoms with Gasteiger partial charge in [0.05, 0.1) is 0 Å². The molecule has 0 aromatic heterocycles. The highest BCUT2D eigenvalue weighted by molar-refractivity contribution is 6.83. The van der Waals surface area contributed by atoms with Gasteiger partial charge < -0.3 is 0 Å². The molecule has 0 aliphatic heterocycles. The lowest BCUT2D eigenvalue weighted by molar-refractivity contribution is 0.506. The van der Waals surface area contributed by atoms with Crippen LogP contribution in [0.3, 0.4) is 0 Å². The molecule has 0 bridgehead atoms. The predicted octanol–water partition coefficient (Wildman–Crippen LogP) is 6.81. The van der Waals surface area contributed by atoms with Crippen molar-refractivity contribution in [3.8, 4) is 11.5 Å². The summed E-state index contributed by atoms with van der Waals surface area (Å²) in [5.74, 6) is 4.26. The quantitative estimate of drug-likeness (QED) is 0.223. The SMILES string of the molecule is CC(C)CCCCCCCCCCCC#C[Si](C)(C)C. The first-order valence-corrected chi connectivity index (χ1v) is 12.4. The van der Waals surface area contributed by atoms with Gasteiger partial charge in [0.25, 0.3) is 0 Å². The second-order valence-corrected chi connectivity index (χ2v) is 12.4. The predicted molar refractivity (Wildman–Crippen MR) is 96.7 cm³/mol. The second kappa shape index (κ2) is 12.5. The van der Waals surface area contributed by atoms with Crippen molar-refractivity contribution >= 4 is 8.07 Å². The fourth-order valence-corrected chi connectivity index (χ4v) is 2.99. The van der Waals surface area contributed by atoms with Crippen LogP contribution in [0.4, 0.5) is 0 Å². The van der Waals surface area contributed by atoms with Gasteiger partial charge in [-0.15, -0.1) is 11.5 Å². The zero-order valence-corrected chi connectivity index (χ0v) is 15.9. The van der Waals surface area contributed by atoms with E-state index in [-0.39, 0.29) is 0 Å². The van der Waals surface area contributed by atoms with Crippen molar-refractivity contribution in [2.45, 2.75) is 104 Å². The van der Waals surface area contributed by atoms with Crippen molar-refractivity contribution in [2.24, 2.45) is 5.92 Å². The molecule has 0 radical (unpaired) electrons. The highest BCUT2D eigenvalue weighted by Crippen LogP contribution is 2.13. The highest BCUT2D eigenvalue weighted by atomic mass is 28.3. The van der Waals surface area contributed by atoms with Gasteiger partial charge >= 0.3 is 0 Å². The lowest BCUT2D eigenvalue weighted by atomic mass is 10.0. The number of hydrogen-bond acceptors (Lipinski definition) is 0. The van der Waals surface area contributed by atoms with E-state index in [0.29, 0.717) is 0 Å². The Morgan fingerprint density at radius 2 is 1.15 bits per heavy atom. The summed E-state index contributed by atoms with van der Waals surface area (Å²) >= 11 is 0. The van der Waals surface area contributed by atoms with Crippen molar-refractivity contribution < 1.29 is 0 Å². The van der Waals surface area contributed by atoms with E-state index in [1.165, 1.54) is 64.2 Å². The summed E-state index contributed by atoms with van der Waals surface area (Å²) in [5.41, 5.74) is 3.45. The molecule has 0 spiro atoms. The maximum absolute atomic E-state index is 3.45. The van der Waals surface area contributed by atoms with E-state index in [9.17, 15) is 0 Å². The first kappa shape index (κ1) is 19.8. The Bertz CT molecular complexity index is 262. The van der Waals surface area contributed by atoms with E-state index in [4.69, 9.17) is 0 Å². The normalized spacial score (nSPS) is 11.5. The molecular weight excluding hydrogens is 256 g/mol. The van der Waals surface area contributed by atoms with Crippen LogP contribution in [0.15, 0.2) is 0 Å². The van der Waals surface area contributed by atoms with E-state index in [1.54, 1.807) is 0 Å². The van der Waals surface area contributed by atoms with Crippen LogP contribution in [-0.2, 0) is 0 Å². The van der Waals surface area contributed by atoms with Gasteiger partial charge in [0, 0.05) is 6.42 Å². The fraction of sp³-hybridized carbons (Fsp3) is 0.895. The third-order valence-corrected chi connectivity index (χ3v) is 4.47. The fourth-order valence-electron chi connectivity index (χ4n) is 2.33. The molecule has 0 fully saturated rings. The molecule has 0 amide bonds. The molecule has 0 saturated heterocycles. The van der Waals surface area contributed by atoms with E-state index in [2.05, 4.69) is 45.0 Å². The summed E-state index contributed by atoms with van der Waals surface area (Å²) in [6.07, 6.45) is 15.3. The standard InChI is InChI=1S/C19H38Si/c1-19(2)17-15-13-11-9-7-6-8-10-12-14-16-18-20(3,4)5/h19H,6-15,17H2,1-5H3. The summed E-state index contributed by atoms with van der Waals surface area (Å²) in [7, 11) is -1.12. The minimum atomic E-state index is -1.12. The lowest BCUT2D eigenvalue weighted by Gasteiger charge is -2.04. The Kier molecular flexibility index (Phi) is 12.4. The van der Waals surface area contributed by atoms with Gasteiger partial charge in [-0.3, -0.25) is 0 Å². The summed E-state index contributed by atoms with van der Waals surface area (Å²) < 4.78 is 0. The van der Waals surface area contributed by atoms with Gasteiger partial charge in [0.2, 0.25) is 0 Å². The molecule has 0 aromatic rings. The van der Waals surface area contributed by atoms with Crippen molar-refractivity contribution in [2.75, 3.05) is 0 Å². The molecular formula is C19H38Si. The molecule has 0 heterocycles. The molecule has 0 aromatic carbocycles. The van der Waals surface area contributed by atoms with Crippen molar-refractivity contribution in [1.82, 2.24) is 0 Å². The molecule has 0 aliphatic rings. The second-order valence-electron chi connectivity index (χ2n) is 7.67. The minimum absolute atomic E-state index is 0.888. The van der Waals surface area contributed by atoms with Crippen LogP contribution in [-0.4, -0.2) is 8.07 Å².